The van der Waals surface area contributed by atoms with Gasteiger partial charge in [-0.2, -0.15) is 0 Å². The fourth-order valence-corrected chi connectivity index (χ4v) is 3.19. The van der Waals surface area contributed by atoms with E-state index in [1.54, 1.807) is 24.3 Å². The van der Waals surface area contributed by atoms with Gasteiger partial charge in [-0.25, -0.2) is 14.2 Å². The summed E-state index contributed by atoms with van der Waals surface area (Å²) in [6, 6.07) is 9.98. The van der Waals surface area contributed by atoms with E-state index in [1.165, 1.54) is 41.2 Å². The van der Waals surface area contributed by atoms with Gasteiger partial charge in [0.15, 0.2) is 11.6 Å². The zero-order chi connectivity index (χ0) is 21.3. The lowest BCUT2D eigenvalue weighted by atomic mass is 10.1. The van der Waals surface area contributed by atoms with Crippen LogP contribution in [0.1, 0.15) is 15.9 Å². The van der Waals surface area contributed by atoms with E-state index in [2.05, 4.69) is 10.4 Å². The van der Waals surface area contributed by atoms with E-state index in [9.17, 15) is 19.1 Å². The number of esters is 1. The Balaban J connectivity index is 1.82. The molecule has 0 aliphatic heterocycles. The number of hydrogen-bond acceptors (Lipinski definition) is 6. The molecule has 0 saturated heterocycles. The molecule has 0 amide bonds. The second-order valence-electron chi connectivity index (χ2n) is 6.45. The first-order valence-corrected chi connectivity index (χ1v) is 8.99. The lowest BCUT2D eigenvalue weighted by molar-refractivity contribution is 0.0470. The number of pyridine rings is 1. The molecule has 8 nitrogen and oxygen atoms in total. The molecule has 0 atom stereocenters. The quantitative estimate of drug-likeness (QED) is 0.493. The summed E-state index contributed by atoms with van der Waals surface area (Å²) < 4.78 is 22.6. The topological polar surface area (TPSA) is 98.4 Å². The van der Waals surface area contributed by atoms with E-state index in [-0.39, 0.29) is 28.8 Å². The van der Waals surface area contributed by atoms with Gasteiger partial charge < -0.3 is 19.8 Å². The van der Waals surface area contributed by atoms with Crippen molar-refractivity contribution in [3.63, 3.8) is 0 Å². The maximum Gasteiger partial charge on any atom is 0.344 e. The molecule has 9 heteroatoms. The lowest BCUT2D eigenvalue weighted by Crippen LogP contribution is -2.24. The number of nitrogens with one attached hydrogen (secondary N) is 1. The molecule has 30 heavy (non-hydrogen) atoms. The predicted molar refractivity (Wildman–Crippen MR) is 108 cm³/mol. The summed E-state index contributed by atoms with van der Waals surface area (Å²) in [5.41, 5.74) is 2.34. The summed E-state index contributed by atoms with van der Waals surface area (Å²) >= 11 is 0. The standard InChI is InChI=1S/C21H17FN4O4/c1-23-26-10-15(21(29)30-11-13-5-3-2-4-6-13)19(27)14-9-16(22)18(20(28)17(14)26)25-8-7-24-12-25/h2-10,12,23,28H,11H2,1H3. The first-order valence-electron chi connectivity index (χ1n) is 8.99. The van der Waals surface area contributed by atoms with Crippen molar-refractivity contribution in [3.05, 3.63) is 88.5 Å². The lowest BCUT2D eigenvalue weighted by Gasteiger charge is -2.16. The van der Waals surface area contributed by atoms with E-state index in [4.69, 9.17) is 4.74 Å². The average molecular weight is 408 g/mol. The monoisotopic (exact) mass is 408 g/mol. The minimum absolute atomic E-state index is 0.0180. The van der Waals surface area contributed by atoms with Gasteiger partial charge >= 0.3 is 5.97 Å². The van der Waals surface area contributed by atoms with Crippen LogP contribution in [0.2, 0.25) is 0 Å². The highest BCUT2D eigenvalue weighted by molar-refractivity contribution is 5.96. The van der Waals surface area contributed by atoms with Gasteiger partial charge in [0.1, 0.15) is 23.4 Å². The van der Waals surface area contributed by atoms with E-state index in [1.807, 2.05) is 6.07 Å². The average Bonchev–Trinajstić information content (AvgIpc) is 3.28. The van der Waals surface area contributed by atoms with Crippen molar-refractivity contribution < 1.29 is 19.0 Å². The van der Waals surface area contributed by atoms with Gasteiger partial charge in [-0.1, -0.05) is 30.3 Å². The second-order valence-corrected chi connectivity index (χ2v) is 6.45. The Kier molecular flexibility index (Phi) is 4.93. The number of halogens is 1. The van der Waals surface area contributed by atoms with Crippen LogP contribution in [0.4, 0.5) is 4.39 Å². The number of carbonyl (C=O) groups excluding carboxylic acids is 1. The highest BCUT2D eigenvalue weighted by Gasteiger charge is 2.23. The molecule has 0 bridgehead atoms. The highest BCUT2D eigenvalue weighted by Crippen LogP contribution is 2.32. The summed E-state index contributed by atoms with van der Waals surface area (Å²) in [5, 5.41) is 10.5. The van der Waals surface area contributed by atoms with Crippen molar-refractivity contribution in [2.45, 2.75) is 6.61 Å². The Bertz CT molecular complexity index is 1280. The minimum atomic E-state index is -0.853. The predicted octanol–water partition coefficient (Wildman–Crippen LogP) is 2.56. The molecule has 4 aromatic rings. The third-order valence-corrected chi connectivity index (χ3v) is 4.63. The second kappa shape index (κ2) is 7.70. The van der Waals surface area contributed by atoms with Crippen LogP contribution in [0.3, 0.4) is 0 Å². The maximum atomic E-state index is 14.8. The Morgan fingerprint density at radius 2 is 2.07 bits per heavy atom. The molecular weight excluding hydrogens is 391 g/mol. The first-order chi connectivity index (χ1) is 14.5. The molecule has 2 aromatic heterocycles. The molecular formula is C21H17FN4O4. The molecule has 2 heterocycles. The molecule has 152 valence electrons. The van der Waals surface area contributed by atoms with Gasteiger partial charge in [-0.15, -0.1) is 0 Å². The number of hydrogen-bond donors (Lipinski definition) is 2. The molecule has 0 aliphatic rings. The molecule has 0 spiro atoms. The highest BCUT2D eigenvalue weighted by atomic mass is 19.1. The van der Waals surface area contributed by atoms with Gasteiger partial charge in [-0.05, 0) is 11.6 Å². The third kappa shape index (κ3) is 3.26. The number of phenols is 1. The number of rotatable bonds is 5. The molecule has 0 aliphatic carbocycles. The first kappa shape index (κ1) is 19.2. The van der Waals surface area contributed by atoms with Crippen molar-refractivity contribution in [2.75, 3.05) is 12.5 Å². The summed E-state index contributed by atoms with van der Waals surface area (Å²) in [6.07, 6.45) is 5.43. The number of ether oxygens (including phenoxy) is 1. The third-order valence-electron chi connectivity index (χ3n) is 4.63. The fourth-order valence-electron chi connectivity index (χ4n) is 3.19. The summed E-state index contributed by atoms with van der Waals surface area (Å²) in [6.45, 7) is -0.0180. The van der Waals surface area contributed by atoms with Crippen LogP contribution in [0.25, 0.3) is 16.6 Å². The Hall–Kier alpha value is -4.14. The van der Waals surface area contributed by atoms with Crippen molar-refractivity contribution >= 4 is 16.9 Å². The van der Waals surface area contributed by atoms with E-state index >= 15 is 0 Å². The number of nitrogens with zero attached hydrogens (tertiary/aromatic N) is 3. The van der Waals surface area contributed by atoms with Crippen molar-refractivity contribution in [1.29, 1.82) is 0 Å². The number of benzene rings is 2. The molecule has 2 aromatic carbocycles. The van der Waals surface area contributed by atoms with Crippen LogP contribution in [0.15, 0.2) is 66.1 Å². The number of aromatic nitrogens is 3. The number of carbonyl (C=O) groups is 1. The Morgan fingerprint density at radius 1 is 1.30 bits per heavy atom. The van der Waals surface area contributed by atoms with Crippen LogP contribution >= 0.6 is 0 Å². The van der Waals surface area contributed by atoms with Gasteiger partial charge in [0.05, 0.1) is 11.7 Å². The van der Waals surface area contributed by atoms with E-state index in [0.717, 1.165) is 11.6 Å². The molecule has 0 radical (unpaired) electrons. The summed E-state index contributed by atoms with van der Waals surface area (Å²) in [7, 11) is 1.53. The molecule has 0 unspecified atom stereocenters. The van der Waals surface area contributed by atoms with Gasteiger partial charge in [0.25, 0.3) is 0 Å². The number of aromatic hydroxyl groups is 1. The SMILES string of the molecule is CNn1cc(C(=O)OCc2ccccc2)c(=O)c2cc(F)c(-n3ccnc3)c(O)c21. The fraction of sp³-hybridized carbons (Fsp3) is 0.0952. The minimum Gasteiger partial charge on any atom is -0.504 e. The summed E-state index contributed by atoms with van der Waals surface area (Å²) in [5.74, 6) is -2.17. The van der Waals surface area contributed by atoms with Crippen LogP contribution in [-0.4, -0.2) is 32.4 Å². The number of fused-ring (bicyclic) bond motifs is 1. The summed E-state index contributed by atoms with van der Waals surface area (Å²) in [4.78, 5) is 29.3. The molecule has 2 N–H and O–H groups in total. The van der Waals surface area contributed by atoms with Crippen molar-refractivity contribution in [1.82, 2.24) is 14.2 Å². The van der Waals surface area contributed by atoms with Crippen molar-refractivity contribution in [3.8, 4) is 11.4 Å². The van der Waals surface area contributed by atoms with Crippen LogP contribution in [-0.2, 0) is 11.3 Å². The van der Waals surface area contributed by atoms with Gasteiger partial charge in [0.2, 0.25) is 5.43 Å². The van der Waals surface area contributed by atoms with Crippen LogP contribution in [0.5, 0.6) is 5.75 Å². The largest absolute Gasteiger partial charge is 0.504 e. The molecule has 4 rings (SSSR count). The van der Waals surface area contributed by atoms with Crippen LogP contribution < -0.4 is 10.9 Å². The maximum absolute atomic E-state index is 14.8. The smallest absolute Gasteiger partial charge is 0.344 e. The zero-order valence-corrected chi connectivity index (χ0v) is 15.9. The Morgan fingerprint density at radius 3 is 2.73 bits per heavy atom. The van der Waals surface area contributed by atoms with Gasteiger partial charge in [-0.3, -0.25) is 9.47 Å². The Labute approximate surface area is 169 Å². The van der Waals surface area contributed by atoms with Gasteiger partial charge in [0, 0.05) is 25.6 Å². The van der Waals surface area contributed by atoms with E-state index in [0.29, 0.717) is 0 Å². The zero-order valence-electron chi connectivity index (χ0n) is 15.9. The molecule has 0 saturated carbocycles. The normalized spacial score (nSPS) is 10.9. The molecule has 0 fully saturated rings. The number of imidazole rings is 1. The van der Waals surface area contributed by atoms with Crippen molar-refractivity contribution in [2.24, 2.45) is 0 Å². The van der Waals surface area contributed by atoms with Crippen LogP contribution in [0, 0.1) is 5.82 Å². The number of phenolic OH excluding ortho intramolecular Hbond substituents is 1. The van der Waals surface area contributed by atoms with E-state index < -0.39 is 23.0 Å².